The van der Waals surface area contributed by atoms with E-state index in [1.165, 1.54) is 6.07 Å². The van der Waals surface area contributed by atoms with E-state index in [4.69, 9.17) is 9.47 Å². The minimum Gasteiger partial charge on any atom is -0.488 e. The number of ether oxygens (including phenoxy) is 2. The molecule has 0 aromatic heterocycles. The Morgan fingerprint density at radius 1 is 1.12 bits per heavy atom. The molecule has 0 aliphatic carbocycles. The molecule has 7 heteroatoms. The zero-order valence-electron chi connectivity index (χ0n) is 12.9. The van der Waals surface area contributed by atoms with Gasteiger partial charge in [0.25, 0.3) is 5.91 Å². The summed E-state index contributed by atoms with van der Waals surface area (Å²) in [5, 5.41) is 2.31. The van der Waals surface area contributed by atoms with E-state index >= 15 is 0 Å². The van der Waals surface area contributed by atoms with E-state index in [0.29, 0.717) is 5.75 Å². The number of hydrogen-bond acceptors (Lipinski definition) is 4. The van der Waals surface area contributed by atoms with Crippen molar-refractivity contribution in [2.75, 3.05) is 18.5 Å². The summed E-state index contributed by atoms with van der Waals surface area (Å²) >= 11 is 0. The smallest absolute Gasteiger partial charge is 0.338 e. The molecule has 5 nitrogen and oxygen atoms in total. The van der Waals surface area contributed by atoms with Crippen molar-refractivity contribution < 1.29 is 27.8 Å². The van der Waals surface area contributed by atoms with Crippen molar-refractivity contribution in [2.45, 2.75) is 0 Å². The van der Waals surface area contributed by atoms with Crippen molar-refractivity contribution in [2.24, 2.45) is 0 Å². The maximum Gasteiger partial charge on any atom is 0.338 e. The lowest BCUT2D eigenvalue weighted by atomic mass is 10.1. The summed E-state index contributed by atoms with van der Waals surface area (Å²) in [6.45, 7) is -0.516. The second-order valence-electron chi connectivity index (χ2n) is 5.25. The third-order valence-corrected chi connectivity index (χ3v) is 3.43. The van der Waals surface area contributed by atoms with Gasteiger partial charge < -0.3 is 14.8 Å². The fraction of sp³-hybridized carbons (Fsp3) is 0.111. The molecule has 0 spiro atoms. The molecule has 1 heterocycles. The Morgan fingerprint density at radius 2 is 1.92 bits per heavy atom. The first kappa shape index (κ1) is 16.6. The van der Waals surface area contributed by atoms with Crippen LogP contribution < -0.4 is 10.1 Å². The van der Waals surface area contributed by atoms with Gasteiger partial charge in [-0.3, -0.25) is 4.79 Å². The fourth-order valence-corrected chi connectivity index (χ4v) is 2.23. The van der Waals surface area contributed by atoms with Gasteiger partial charge in [0.2, 0.25) is 0 Å². The van der Waals surface area contributed by atoms with E-state index in [1.807, 2.05) is 12.1 Å². The van der Waals surface area contributed by atoms with Crippen LogP contribution in [0.4, 0.5) is 14.5 Å². The lowest BCUT2D eigenvalue weighted by molar-refractivity contribution is -0.143. The number of rotatable bonds is 4. The van der Waals surface area contributed by atoms with Crippen LogP contribution in [0, 0.1) is 11.6 Å². The predicted molar refractivity (Wildman–Crippen MR) is 85.9 cm³/mol. The third-order valence-electron chi connectivity index (χ3n) is 3.43. The van der Waals surface area contributed by atoms with Crippen LogP contribution in [0.15, 0.2) is 48.0 Å². The van der Waals surface area contributed by atoms with Crippen molar-refractivity contribution in [1.82, 2.24) is 0 Å². The zero-order chi connectivity index (χ0) is 17.8. The van der Waals surface area contributed by atoms with Crippen LogP contribution >= 0.6 is 0 Å². The van der Waals surface area contributed by atoms with Gasteiger partial charge in [0, 0.05) is 17.3 Å². The van der Waals surface area contributed by atoms with Crippen LogP contribution in [0.3, 0.4) is 0 Å². The number of halogens is 2. The van der Waals surface area contributed by atoms with E-state index in [9.17, 15) is 18.4 Å². The highest BCUT2D eigenvalue weighted by molar-refractivity contribution is 5.98. The fourth-order valence-electron chi connectivity index (χ4n) is 2.23. The minimum atomic E-state index is -1.09. The van der Waals surface area contributed by atoms with Crippen LogP contribution in [0.1, 0.15) is 5.56 Å². The molecule has 2 aromatic rings. The normalized spacial score (nSPS) is 12.5. The molecule has 1 aliphatic heterocycles. The number of hydrogen-bond donors (Lipinski definition) is 1. The van der Waals surface area contributed by atoms with Crippen LogP contribution in [0.25, 0.3) is 6.08 Å². The van der Waals surface area contributed by atoms with E-state index in [2.05, 4.69) is 5.32 Å². The molecule has 25 heavy (non-hydrogen) atoms. The van der Waals surface area contributed by atoms with Crippen LogP contribution in [-0.2, 0) is 14.3 Å². The highest BCUT2D eigenvalue weighted by atomic mass is 19.2. The quantitative estimate of drug-likeness (QED) is 0.866. The summed E-state index contributed by atoms with van der Waals surface area (Å²) in [7, 11) is 0. The number of carbonyl (C=O) groups is 2. The number of amides is 1. The SMILES string of the molecule is O=C(COC(=O)C1=Cc2ccccc2OC1)Nc1ccc(F)c(F)c1. The maximum atomic E-state index is 13.1. The number of fused-ring (bicyclic) bond motifs is 1. The molecule has 1 amide bonds. The molecule has 0 unspecified atom stereocenters. The number of benzene rings is 2. The molecule has 2 aromatic carbocycles. The summed E-state index contributed by atoms with van der Waals surface area (Å²) in [4.78, 5) is 23.7. The van der Waals surface area contributed by atoms with Gasteiger partial charge in [-0.15, -0.1) is 0 Å². The van der Waals surface area contributed by atoms with Crippen molar-refractivity contribution >= 4 is 23.6 Å². The Labute approximate surface area is 141 Å². The third kappa shape index (κ3) is 4.00. The zero-order valence-corrected chi connectivity index (χ0v) is 12.9. The molecule has 1 N–H and O–H groups in total. The average molecular weight is 345 g/mol. The van der Waals surface area contributed by atoms with E-state index in [0.717, 1.165) is 17.7 Å². The Balaban J connectivity index is 1.56. The minimum absolute atomic E-state index is 0.0423. The summed E-state index contributed by atoms with van der Waals surface area (Å²) in [6.07, 6.45) is 1.63. The van der Waals surface area contributed by atoms with E-state index < -0.39 is 30.1 Å². The summed E-state index contributed by atoms with van der Waals surface area (Å²) in [5.74, 6) is -2.80. The van der Waals surface area contributed by atoms with Crippen molar-refractivity contribution in [3.8, 4) is 5.75 Å². The van der Waals surface area contributed by atoms with Gasteiger partial charge >= 0.3 is 5.97 Å². The van der Waals surface area contributed by atoms with Crippen molar-refractivity contribution in [3.05, 3.63) is 65.2 Å². The Hall–Kier alpha value is -3.22. The first-order valence-corrected chi connectivity index (χ1v) is 7.37. The number of anilines is 1. The predicted octanol–water partition coefficient (Wildman–Crippen LogP) is 2.92. The van der Waals surface area contributed by atoms with Gasteiger partial charge in [-0.1, -0.05) is 18.2 Å². The average Bonchev–Trinajstić information content (AvgIpc) is 2.62. The molecule has 0 fully saturated rings. The first-order chi connectivity index (χ1) is 12.0. The number of carbonyl (C=O) groups excluding carboxylic acids is 2. The van der Waals surface area contributed by atoms with Crippen molar-refractivity contribution in [3.63, 3.8) is 0 Å². The van der Waals surface area contributed by atoms with E-state index in [1.54, 1.807) is 18.2 Å². The number of para-hydroxylation sites is 1. The standard InChI is InChI=1S/C18H13F2NO4/c19-14-6-5-13(8-15(14)20)21-17(22)10-25-18(23)12-7-11-3-1-2-4-16(11)24-9-12/h1-8H,9-10H2,(H,21,22). The Morgan fingerprint density at radius 3 is 2.72 bits per heavy atom. The monoisotopic (exact) mass is 345 g/mol. The molecule has 0 saturated heterocycles. The van der Waals surface area contributed by atoms with Gasteiger partial charge in [-0.2, -0.15) is 0 Å². The van der Waals surface area contributed by atoms with E-state index in [-0.39, 0.29) is 17.9 Å². The number of nitrogens with one attached hydrogen (secondary N) is 1. The Kier molecular flexibility index (Phi) is 4.74. The molecular formula is C18H13F2NO4. The summed E-state index contributed by atoms with van der Waals surface area (Å²) in [5.41, 5.74) is 1.08. The second kappa shape index (κ2) is 7.12. The molecule has 0 radical (unpaired) electrons. The Bertz CT molecular complexity index is 864. The van der Waals surface area contributed by atoms with Gasteiger partial charge in [0.15, 0.2) is 18.2 Å². The molecule has 0 saturated carbocycles. The van der Waals surface area contributed by atoms with Gasteiger partial charge in [0.1, 0.15) is 12.4 Å². The highest BCUT2D eigenvalue weighted by Crippen LogP contribution is 2.26. The first-order valence-electron chi connectivity index (χ1n) is 7.37. The largest absolute Gasteiger partial charge is 0.488 e. The summed E-state index contributed by atoms with van der Waals surface area (Å²) < 4.78 is 36.3. The lowest BCUT2D eigenvalue weighted by Crippen LogP contribution is -2.24. The highest BCUT2D eigenvalue weighted by Gasteiger charge is 2.19. The molecule has 0 atom stereocenters. The topological polar surface area (TPSA) is 64.6 Å². The van der Waals surface area contributed by atoms with Crippen molar-refractivity contribution in [1.29, 1.82) is 0 Å². The lowest BCUT2D eigenvalue weighted by Gasteiger charge is -2.16. The molecule has 3 rings (SSSR count). The van der Waals surface area contributed by atoms with Crippen LogP contribution in [-0.4, -0.2) is 25.1 Å². The molecular weight excluding hydrogens is 332 g/mol. The van der Waals surface area contributed by atoms with Gasteiger partial charge in [0.05, 0.1) is 5.57 Å². The maximum absolute atomic E-state index is 13.1. The summed E-state index contributed by atoms with van der Waals surface area (Å²) in [6, 6.07) is 10.1. The second-order valence-corrected chi connectivity index (χ2v) is 5.25. The van der Waals surface area contributed by atoms with Crippen LogP contribution in [0.2, 0.25) is 0 Å². The molecule has 1 aliphatic rings. The van der Waals surface area contributed by atoms with Crippen LogP contribution in [0.5, 0.6) is 5.75 Å². The van der Waals surface area contributed by atoms with Gasteiger partial charge in [-0.05, 0) is 24.3 Å². The molecule has 128 valence electrons. The number of esters is 1. The van der Waals surface area contributed by atoms with Gasteiger partial charge in [-0.25, -0.2) is 13.6 Å². The molecule has 0 bridgehead atoms.